The Hall–Kier alpha value is -1.89. The molecule has 1 saturated heterocycles. The number of carbonyl (C=O) groups excluding carboxylic acids is 1. The number of halogens is 2. The number of nitrogens with two attached hydrogens (primary N) is 1. The van der Waals surface area contributed by atoms with Crippen molar-refractivity contribution in [3.8, 4) is 0 Å². The third-order valence-electron chi connectivity index (χ3n) is 3.75. The fraction of sp³-hybridized carbons (Fsp3) is 0.562. The van der Waals surface area contributed by atoms with Crippen LogP contribution < -0.4 is 11.1 Å². The molecule has 0 saturated carbocycles. The summed E-state index contributed by atoms with van der Waals surface area (Å²) in [4.78, 5) is 17.2. The van der Waals surface area contributed by atoms with Gasteiger partial charge in [0, 0.05) is 19.1 Å². The second-order valence-corrected chi connectivity index (χ2v) is 6.80. The zero-order chi connectivity index (χ0) is 17.2. The number of anilines is 2. The fourth-order valence-corrected chi connectivity index (χ4v) is 2.26. The van der Waals surface area contributed by atoms with E-state index in [4.69, 9.17) is 10.6 Å². The van der Waals surface area contributed by atoms with Crippen molar-refractivity contribution >= 4 is 17.3 Å². The highest BCUT2D eigenvalue weighted by atomic mass is 19.2. The molecule has 0 spiro atoms. The smallest absolute Gasteiger partial charge is 0.330 e. The number of hydrogen-bond acceptors (Lipinski definition) is 5. The highest BCUT2D eigenvalue weighted by molar-refractivity contribution is 5.75. The summed E-state index contributed by atoms with van der Waals surface area (Å²) < 4.78 is 27.1. The maximum Gasteiger partial charge on any atom is 0.330 e. The molecule has 1 fully saturated rings. The van der Waals surface area contributed by atoms with Gasteiger partial charge in [0.05, 0.1) is 16.8 Å². The number of piperidine rings is 1. The molecule has 1 aromatic rings. The third kappa shape index (κ3) is 4.31. The molecule has 1 aliphatic heterocycles. The second kappa shape index (κ2) is 6.70. The van der Waals surface area contributed by atoms with Gasteiger partial charge in [-0.3, -0.25) is 0 Å². The molecule has 1 aliphatic rings. The lowest BCUT2D eigenvalue weighted by Gasteiger charge is -2.33. The third-order valence-corrected chi connectivity index (χ3v) is 3.75. The summed E-state index contributed by atoms with van der Waals surface area (Å²) in [6, 6.07) is 2.28. The van der Waals surface area contributed by atoms with Crippen molar-refractivity contribution in [2.75, 3.05) is 24.1 Å². The van der Waals surface area contributed by atoms with Gasteiger partial charge in [-0.25, -0.2) is 13.6 Å². The molecular weight excluding hydrogens is 304 g/mol. The Bertz CT molecular complexity index is 579. The minimum absolute atomic E-state index is 0.00450. The zero-order valence-electron chi connectivity index (χ0n) is 13.7. The van der Waals surface area contributed by atoms with E-state index < -0.39 is 17.0 Å². The van der Waals surface area contributed by atoms with Crippen molar-refractivity contribution in [2.24, 2.45) is 5.41 Å². The molecule has 1 aromatic carbocycles. The van der Waals surface area contributed by atoms with Crippen LogP contribution in [0.1, 0.15) is 33.6 Å². The predicted molar refractivity (Wildman–Crippen MR) is 84.5 cm³/mol. The van der Waals surface area contributed by atoms with E-state index in [1.54, 1.807) is 25.8 Å². The largest absolute Gasteiger partial charge is 0.397 e. The molecule has 23 heavy (non-hydrogen) atoms. The minimum atomic E-state index is -0.966. The molecule has 0 bridgehead atoms. The van der Waals surface area contributed by atoms with Crippen LogP contribution in [0.4, 0.5) is 20.2 Å². The molecule has 1 heterocycles. The minimum Gasteiger partial charge on any atom is -0.397 e. The summed E-state index contributed by atoms with van der Waals surface area (Å²) in [5.41, 5.74) is 5.31. The number of nitrogens with one attached hydrogen (secondary N) is 1. The standard InChI is InChI=1S/C16H23F2N3O2/c1-16(2,3)15(22)23-21-8-6-10(7-9-21)20-14-12(19)5-4-11(17)13(14)18/h4-5,10,20H,6-9,19H2,1-3H3. The predicted octanol–water partition coefficient (Wildman–Crippen LogP) is 2.93. The maximum atomic E-state index is 13.8. The number of carbonyl (C=O) groups is 1. The Morgan fingerprint density at radius 2 is 1.91 bits per heavy atom. The van der Waals surface area contributed by atoms with Gasteiger partial charge in [-0.05, 0) is 45.7 Å². The van der Waals surface area contributed by atoms with Crippen molar-refractivity contribution in [3.63, 3.8) is 0 Å². The Morgan fingerprint density at radius 3 is 2.48 bits per heavy atom. The number of hydrogen-bond donors (Lipinski definition) is 2. The fourth-order valence-electron chi connectivity index (χ4n) is 2.26. The first kappa shape index (κ1) is 17.5. The molecule has 3 N–H and O–H groups in total. The van der Waals surface area contributed by atoms with Gasteiger partial charge in [0.25, 0.3) is 0 Å². The topological polar surface area (TPSA) is 67.6 Å². The first-order chi connectivity index (χ1) is 10.7. The molecule has 5 nitrogen and oxygen atoms in total. The van der Waals surface area contributed by atoms with E-state index in [0.717, 1.165) is 6.07 Å². The summed E-state index contributed by atoms with van der Waals surface area (Å²) in [5, 5.41) is 4.56. The van der Waals surface area contributed by atoms with Crippen LogP contribution in [0.15, 0.2) is 12.1 Å². The van der Waals surface area contributed by atoms with Gasteiger partial charge in [-0.2, -0.15) is 0 Å². The van der Waals surface area contributed by atoms with Gasteiger partial charge in [-0.1, -0.05) is 0 Å². The van der Waals surface area contributed by atoms with Gasteiger partial charge in [0.15, 0.2) is 11.6 Å². The summed E-state index contributed by atoms with van der Waals surface area (Å²) in [7, 11) is 0. The first-order valence-corrected chi connectivity index (χ1v) is 7.66. The first-order valence-electron chi connectivity index (χ1n) is 7.66. The summed E-state index contributed by atoms with van der Waals surface area (Å²) in [6.07, 6.45) is 1.26. The van der Waals surface area contributed by atoms with Crippen LogP contribution >= 0.6 is 0 Å². The van der Waals surface area contributed by atoms with Gasteiger partial charge >= 0.3 is 5.97 Å². The van der Waals surface area contributed by atoms with Crippen LogP contribution in [-0.2, 0) is 9.63 Å². The summed E-state index contributed by atoms with van der Waals surface area (Å²) in [6.45, 7) is 6.42. The Labute approximate surface area is 134 Å². The molecule has 0 unspecified atom stereocenters. The van der Waals surface area contributed by atoms with E-state index in [1.807, 2.05) is 0 Å². The molecule has 0 radical (unpaired) electrons. The zero-order valence-corrected chi connectivity index (χ0v) is 13.7. The maximum absolute atomic E-state index is 13.8. The van der Waals surface area contributed by atoms with Crippen molar-refractivity contribution in [2.45, 2.75) is 39.7 Å². The van der Waals surface area contributed by atoms with Gasteiger partial charge in [0.2, 0.25) is 0 Å². The van der Waals surface area contributed by atoms with E-state index in [0.29, 0.717) is 25.9 Å². The average Bonchev–Trinajstić information content (AvgIpc) is 2.48. The number of hydroxylamine groups is 2. The Kier molecular flexibility index (Phi) is 5.09. The van der Waals surface area contributed by atoms with Gasteiger partial charge in [-0.15, -0.1) is 5.06 Å². The number of rotatable bonds is 3. The number of benzene rings is 1. The number of nitrogen functional groups attached to an aromatic ring is 1. The molecule has 0 aliphatic carbocycles. The normalized spacial score (nSPS) is 17.1. The average molecular weight is 327 g/mol. The highest BCUT2D eigenvalue weighted by Gasteiger charge is 2.28. The van der Waals surface area contributed by atoms with Crippen molar-refractivity contribution in [1.82, 2.24) is 5.06 Å². The monoisotopic (exact) mass is 327 g/mol. The van der Waals surface area contributed by atoms with E-state index in [-0.39, 0.29) is 23.4 Å². The van der Waals surface area contributed by atoms with Gasteiger partial charge in [0.1, 0.15) is 0 Å². The lowest BCUT2D eigenvalue weighted by Crippen LogP contribution is -2.42. The van der Waals surface area contributed by atoms with Crippen molar-refractivity contribution in [3.05, 3.63) is 23.8 Å². The van der Waals surface area contributed by atoms with Crippen LogP contribution in [0.5, 0.6) is 0 Å². The lowest BCUT2D eigenvalue weighted by molar-refractivity contribution is -0.204. The molecule has 0 aromatic heterocycles. The van der Waals surface area contributed by atoms with E-state index in [2.05, 4.69) is 5.32 Å². The molecule has 7 heteroatoms. The molecule has 0 atom stereocenters. The second-order valence-electron chi connectivity index (χ2n) is 6.80. The van der Waals surface area contributed by atoms with Crippen LogP contribution in [0.25, 0.3) is 0 Å². The molecule has 2 rings (SSSR count). The molecular formula is C16H23F2N3O2. The molecule has 128 valence electrons. The SMILES string of the molecule is CC(C)(C)C(=O)ON1CCC(Nc2c(N)ccc(F)c2F)CC1. The Balaban J connectivity index is 1.91. The van der Waals surface area contributed by atoms with Crippen LogP contribution in [-0.4, -0.2) is 30.2 Å². The Morgan fingerprint density at radius 1 is 1.30 bits per heavy atom. The van der Waals surface area contributed by atoms with E-state index in [1.165, 1.54) is 6.07 Å². The summed E-state index contributed by atoms with van der Waals surface area (Å²) in [5.74, 6) is -2.19. The van der Waals surface area contributed by atoms with E-state index in [9.17, 15) is 13.6 Å². The van der Waals surface area contributed by atoms with Crippen LogP contribution in [0, 0.1) is 17.0 Å². The van der Waals surface area contributed by atoms with Crippen molar-refractivity contribution in [1.29, 1.82) is 0 Å². The van der Waals surface area contributed by atoms with Gasteiger partial charge < -0.3 is 15.9 Å². The van der Waals surface area contributed by atoms with Crippen molar-refractivity contribution < 1.29 is 18.4 Å². The lowest BCUT2D eigenvalue weighted by atomic mass is 9.98. The quantitative estimate of drug-likeness (QED) is 0.836. The van der Waals surface area contributed by atoms with E-state index >= 15 is 0 Å². The highest BCUT2D eigenvalue weighted by Crippen LogP contribution is 2.27. The van der Waals surface area contributed by atoms with Crippen LogP contribution in [0.2, 0.25) is 0 Å². The molecule has 0 amide bonds. The van der Waals surface area contributed by atoms with Crippen LogP contribution in [0.3, 0.4) is 0 Å². The summed E-state index contributed by atoms with van der Waals surface area (Å²) >= 11 is 0. The number of nitrogens with zero attached hydrogens (tertiary/aromatic N) is 1.